The Labute approximate surface area is 146 Å². The number of nitrogens with one attached hydrogen (secondary N) is 1. The third-order valence-corrected chi connectivity index (χ3v) is 5.25. The van der Waals surface area contributed by atoms with E-state index in [1.54, 1.807) is 23.5 Å². The molecule has 1 amide bonds. The van der Waals surface area contributed by atoms with Gasteiger partial charge in [0.25, 0.3) is 5.91 Å². The SMILES string of the molecule is C=CCSc1ccccc1C(=O)NCCSc1ccc(C)cc1. The molecule has 0 aliphatic rings. The molecule has 120 valence electrons. The lowest BCUT2D eigenvalue weighted by Gasteiger charge is -2.09. The lowest BCUT2D eigenvalue weighted by atomic mass is 10.2. The van der Waals surface area contributed by atoms with Crippen LogP contribution < -0.4 is 5.32 Å². The highest BCUT2D eigenvalue weighted by Crippen LogP contribution is 2.22. The molecule has 0 radical (unpaired) electrons. The molecule has 0 aliphatic heterocycles. The zero-order valence-corrected chi connectivity index (χ0v) is 14.9. The smallest absolute Gasteiger partial charge is 0.252 e. The van der Waals surface area contributed by atoms with Crippen LogP contribution in [0.1, 0.15) is 15.9 Å². The molecule has 2 nitrogen and oxygen atoms in total. The summed E-state index contributed by atoms with van der Waals surface area (Å²) in [5.74, 6) is 1.64. The van der Waals surface area contributed by atoms with Crippen LogP contribution in [0.25, 0.3) is 0 Å². The van der Waals surface area contributed by atoms with Crippen molar-refractivity contribution in [3.63, 3.8) is 0 Å². The van der Waals surface area contributed by atoms with Gasteiger partial charge in [-0.25, -0.2) is 0 Å². The van der Waals surface area contributed by atoms with Crippen LogP contribution in [0.2, 0.25) is 0 Å². The second kappa shape index (κ2) is 9.48. The number of hydrogen-bond acceptors (Lipinski definition) is 3. The van der Waals surface area contributed by atoms with Crippen molar-refractivity contribution in [1.29, 1.82) is 0 Å². The minimum atomic E-state index is -0.0123. The summed E-state index contributed by atoms with van der Waals surface area (Å²) < 4.78 is 0. The van der Waals surface area contributed by atoms with Crippen molar-refractivity contribution >= 4 is 29.4 Å². The minimum absolute atomic E-state index is 0.0123. The Morgan fingerprint density at radius 1 is 1.13 bits per heavy atom. The average molecular weight is 344 g/mol. The van der Waals surface area contributed by atoms with Crippen LogP contribution in [-0.2, 0) is 0 Å². The third-order valence-electron chi connectivity index (χ3n) is 3.17. The van der Waals surface area contributed by atoms with Crippen molar-refractivity contribution in [2.24, 2.45) is 0 Å². The Bertz CT molecular complexity index is 653. The lowest BCUT2D eigenvalue weighted by Crippen LogP contribution is -2.26. The maximum absolute atomic E-state index is 12.3. The van der Waals surface area contributed by atoms with E-state index in [1.165, 1.54) is 10.5 Å². The fourth-order valence-corrected chi connectivity index (χ4v) is 3.55. The van der Waals surface area contributed by atoms with E-state index in [0.717, 1.165) is 22.0 Å². The molecule has 0 saturated carbocycles. The van der Waals surface area contributed by atoms with Gasteiger partial charge in [-0.3, -0.25) is 4.79 Å². The molecule has 2 rings (SSSR count). The first-order chi connectivity index (χ1) is 11.2. The third kappa shape index (κ3) is 5.81. The van der Waals surface area contributed by atoms with Crippen molar-refractivity contribution in [1.82, 2.24) is 5.32 Å². The Hall–Kier alpha value is -1.65. The second-order valence-corrected chi connectivity index (χ2v) is 7.24. The predicted octanol–water partition coefficient (Wildman–Crippen LogP) is 4.80. The summed E-state index contributed by atoms with van der Waals surface area (Å²) in [6.45, 7) is 6.45. The van der Waals surface area contributed by atoms with Crippen LogP contribution in [0.3, 0.4) is 0 Å². The molecule has 0 bridgehead atoms. The van der Waals surface area contributed by atoms with Gasteiger partial charge >= 0.3 is 0 Å². The van der Waals surface area contributed by atoms with E-state index in [2.05, 4.69) is 43.1 Å². The summed E-state index contributed by atoms with van der Waals surface area (Å²) in [6.07, 6.45) is 1.84. The standard InChI is InChI=1S/C19H21NOS2/c1-3-13-23-18-7-5-4-6-17(18)19(21)20-12-14-22-16-10-8-15(2)9-11-16/h3-11H,1,12-14H2,2H3,(H,20,21). The van der Waals surface area contributed by atoms with E-state index in [-0.39, 0.29) is 5.91 Å². The van der Waals surface area contributed by atoms with Crippen LogP contribution in [-0.4, -0.2) is 24.0 Å². The molecule has 0 aliphatic carbocycles. The zero-order chi connectivity index (χ0) is 16.5. The van der Waals surface area contributed by atoms with Crippen LogP contribution in [0.15, 0.2) is 71.0 Å². The van der Waals surface area contributed by atoms with Gasteiger partial charge < -0.3 is 5.32 Å². The van der Waals surface area contributed by atoms with Crippen molar-refractivity contribution in [2.75, 3.05) is 18.1 Å². The highest BCUT2D eigenvalue weighted by atomic mass is 32.2. The van der Waals surface area contributed by atoms with E-state index < -0.39 is 0 Å². The van der Waals surface area contributed by atoms with E-state index in [1.807, 2.05) is 30.3 Å². The quantitative estimate of drug-likeness (QED) is 0.424. The highest BCUT2D eigenvalue weighted by Gasteiger charge is 2.10. The van der Waals surface area contributed by atoms with Gasteiger partial charge in [0.15, 0.2) is 0 Å². The van der Waals surface area contributed by atoms with Crippen molar-refractivity contribution < 1.29 is 4.79 Å². The molecule has 0 spiro atoms. The number of benzene rings is 2. The van der Waals surface area contributed by atoms with Gasteiger partial charge in [0, 0.05) is 27.8 Å². The molecule has 0 atom stereocenters. The zero-order valence-electron chi connectivity index (χ0n) is 13.2. The summed E-state index contributed by atoms with van der Waals surface area (Å²) >= 11 is 3.38. The van der Waals surface area contributed by atoms with Crippen molar-refractivity contribution in [3.05, 3.63) is 72.3 Å². The molecule has 0 heterocycles. The molecule has 0 fully saturated rings. The summed E-state index contributed by atoms with van der Waals surface area (Å²) in [5, 5.41) is 3.00. The second-order valence-electron chi connectivity index (χ2n) is 5.01. The summed E-state index contributed by atoms with van der Waals surface area (Å²) in [4.78, 5) is 14.5. The Balaban J connectivity index is 1.82. The Morgan fingerprint density at radius 3 is 2.61 bits per heavy atom. The fraction of sp³-hybridized carbons (Fsp3) is 0.211. The minimum Gasteiger partial charge on any atom is -0.351 e. The van der Waals surface area contributed by atoms with Gasteiger partial charge in [-0.1, -0.05) is 35.9 Å². The number of thioether (sulfide) groups is 2. The van der Waals surface area contributed by atoms with Gasteiger partial charge in [0.1, 0.15) is 0 Å². The number of rotatable bonds is 8. The predicted molar refractivity (Wildman–Crippen MR) is 102 cm³/mol. The first-order valence-corrected chi connectivity index (χ1v) is 9.48. The Morgan fingerprint density at radius 2 is 1.87 bits per heavy atom. The maximum atomic E-state index is 12.3. The number of hydrogen-bond donors (Lipinski definition) is 1. The van der Waals surface area contributed by atoms with E-state index in [0.29, 0.717) is 6.54 Å². The molecule has 1 N–H and O–H groups in total. The summed E-state index contributed by atoms with van der Waals surface area (Å²) in [6, 6.07) is 16.1. The van der Waals surface area contributed by atoms with Gasteiger partial charge in [-0.15, -0.1) is 30.1 Å². The van der Waals surface area contributed by atoms with Crippen LogP contribution >= 0.6 is 23.5 Å². The van der Waals surface area contributed by atoms with Gasteiger partial charge in [-0.2, -0.15) is 0 Å². The van der Waals surface area contributed by atoms with E-state index >= 15 is 0 Å². The lowest BCUT2D eigenvalue weighted by molar-refractivity contribution is 0.0953. The number of amides is 1. The molecule has 2 aromatic rings. The van der Waals surface area contributed by atoms with E-state index in [9.17, 15) is 4.79 Å². The number of carbonyl (C=O) groups is 1. The molecule has 0 unspecified atom stereocenters. The number of carbonyl (C=O) groups excluding carboxylic acids is 1. The van der Waals surface area contributed by atoms with Gasteiger partial charge in [0.2, 0.25) is 0 Å². The highest BCUT2D eigenvalue weighted by molar-refractivity contribution is 7.99. The molecule has 23 heavy (non-hydrogen) atoms. The molecule has 0 aromatic heterocycles. The Kier molecular flexibility index (Phi) is 7.30. The first-order valence-electron chi connectivity index (χ1n) is 7.51. The summed E-state index contributed by atoms with van der Waals surface area (Å²) in [5.41, 5.74) is 2.00. The molecule has 2 aromatic carbocycles. The molecule has 4 heteroatoms. The van der Waals surface area contributed by atoms with E-state index in [4.69, 9.17) is 0 Å². The van der Waals surface area contributed by atoms with Crippen molar-refractivity contribution in [2.45, 2.75) is 16.7 Å². The molecular formula is C19H21NOS2. The van der Waals surface area contributed by atoms with Crippen LogP contribution in [0.4, 0.5) is 0 Å². The first kappa shape index (κ1) is 17.7. The monoisotopic (exact) mass is 343 g/mol. The average Bonchev–Trinajstić information content (AvgIpc) is 2.58. The number of aryl methyl sites for hydroxylation is 1. The molecule has 0 saturated heterocycles. The topological polar surface area (TPSA) is 29.1 Å². The van der Waals surface area contributed by atoms with Crippen molar-refractivity contribution in [3.8, 4) is 0 Å². The maximum Gasteiger partial charge on any atom is 0.252 e. The van der Waals surface area contributed by atoms with Gasteiger partial charge in [0.05, 0.1) is 5.56 Å². The fourth-order valence-electron chi connectivity index (χ4n) is 1.99. The van der Waals surface area contributed by atoms with Crippen LogP contribution in [0.5, 0.6) is 0 Å². The molecular weight excluding hydrogens is 322 g/mol. The van der Waals surface area contributed by atoms with Crippen LogP contribution in [0, 0.1) is 6.92 Å². The largest absolute Gasteiger partial charge is 0.351 e. The van der Waals surface area contributed by atoms with Gasteiger partial charge in [-0.05, 0) is 31.2 Å². The normalized spacial score (nSPS) is 10.3. The summed E-state index contributed by atoms with van der Waals surface area (Å²) in [7, 11) is 0.